The Kier molecular flexibility index (Phi) is 2.08. The first-order chi connectivity index (χ1) is 6.03. The van der Waals surface area contributed by atoms with Gasteiger partial charge in [-0.3, -0.25) is 0 Å². The van der Waals surface area contributed by atoms with Crippen LogP contribution < -0.4 is 0 Å². The molecule has 0 aromatic rings. The summed E-state index contributed by atoms with van der Waals surface area (Å²) in [6.07, 6.45) is -2.43. The Balaban J connectivity index is 2.07. The summed E-state index contributed by atoms with van der Waals surface area (Å²) in [7, 11) is 0. The zero-order chi connectivity index (χ0) is 9.64. The van der Waals surface area contributed by atoms with Crippen LogP contribution in [-0.4, -0.2) is 47.2 Å². The average molecular weight is 190 g/mol. The number of aliphatic hydroxyl groups excluding tert-OH is 2. The second-order valence-corrected chi connectivity index (χ2v) is 3.82. The number of hydrogen-bond acceptors (Lipinski definition) is 5. The Morgan fingerprint density at radius 2 is 2.00 bits per heavy atom. The van der Waals surface area contributed by atoms with Gasteiger partial charge in [-0.25, -0.2) is 0 Å². The molecule has 5 heteroatoms. The number of fused-ring (bicyclic) bond motifs is 1. The summed E-state index contributed by atoms with van der Waals surface area (Å²) in [4.78, 5) is 0. The van der Waals surface area contributed by atoms with Crippen LogP contribution in [0, 0.1) is 0 Å². The minimum atomic E-state index is -0.809. The van der Waals surface area contributed by atoms with E-state index >= 15 is 0 Å². The van der Waals surface area contributed by atoms with Crippen molar-refractivity contribution in [3.8, 4) is 0 Å². The van der Waals surface area contributed by atoms with E-state index in [1.165, 1.54) is 0 Å². The van der Waals surface area contributed by atoms with E-state index in [2.05, 4.69) is 0 Å². The molecular weight excluding hydrogens is 176 g/mol. The van der Waals surface area contributed by atoms with Crippen LogP contribution in [0.1, 0.15) is 13.8 Å². The Labute approximate surface area is 76.2 Å². The highest BCUT2D eigenvalue weighted by Gasteiger charge is 2.53. The fraction of sp³-hybridized carbons (Fsp3) is 1.00. The summed E-state index contributed by atoms with van der Waals surface area (Å²) in [6, 6.07) is 0. The van der Waals surface area contributed by atoms with Gasteiger partial charge in [-0.05, 0) is 13.8 Å². The Morgan fingerprint density at radius 3 is 2.54 bits per heavy atom. The predicted molar refractivity (Wildman–Crippen MR) is 41.8 cm³/mol. The molecule has 1 unspecified atom stereocenters. The number of ether oxygens (including phenoxy) is 3. The van der Waals surface area contributed by atoms with Crippen molar-refractivity contribution in [2.24, 2.45) is 0 Å². The third-order valence-corrected chi connectivity index (χ3v) is 2.29. The predicted octanol–water partition coefficient (Wildman–Crippen LogP) is -0.784. The van der Waals surface area contributed by atoms with Crippen LogP contribution in [0.3, 0.4) is 0 Å². The lowest BCUT2D eigenvalue weighted by atomic mass is 10.1. The first-order valence-electron chi connectivity index (χ1n) is 4.33. The van der Waals surface area contributed by atoms with E-state index in [0.717, 1.165) is 0 Å². The molecule has 4 atom stereocenters. The highest BCUT2D eigenvalue weighted by Crippen LogP contribution is 2.36. The molecule has 2 heterocycles. The summed E-state index contributed by atoms with van der Waals surface area (Å²) in [5.41, 5.74) is 0. The molecule has 0 bridgehead atoms. The van der Waals surface area contributed by atoms with Crippen molar-refractivity contribution in [3.63, 3.8) is 0 Å². The molecule has 0 radical (unpaired) electrons. The van der Waals surface area contributed by atoms with Gasteiger partial charge in [0, 0.05) is 0 Å². The van der Waals surface area contributed by atoms with Gasteiger partial charge in [-0.15, -0.1) is 0 Å². The molecule has 0 amide bonds. The molecule has 2 fully saturated rings. The van der Waals surface area contributed by atoms with Crippen LogP contribution in [0.15, 0.2) is 0 Å². The van der Waals surface area contributed by atoms with Gasteiger partial charge < -0.3 is 24.4 Å². The smallest absolute Gasteiger partial charge is 0.190 e. The first kappa shape index (κ1) is 9.36. The van der Waals surface area contributed by atoms with E-state index in [0.29, 0.717) is 0 Å². The summed E-state index contributed by atoms with van der Waals surface area (Å²) in [6.45, 7) is 3.30. The molecule has 13 heavy (non-hydrogen) atoms. The molecule has 0 aromatic heterocycles. The van der Waals surface area contributed by atoms with Crippen molar-refractivity contribution < 1.29 is 24.4 Å². The lowest BCUT2D eigenvalue weighted by Gasteiger charge is -2.21. The molecular formula is C8H14O5. The van der Waals surface area contributed by atoms with Gasteiger partial charge in [0.1, 0.15) is 18.3 Å². The standard InChI is InChI=1S/C8H14O5/c1-8(2)12-6-5(10)4(3-9)11-7(6)13-8/h4-7,9-10H,3H2,1-2H3/t4-,5+,6-,7?/m0/s1. The highest BCUT2D eigenvalue weighted by molar-refractivity contribution is 4.92. The molecule has 2 N–H and O–H groups in total. The van der Waals surface area contributed by atoms with Gasteiger partial charge in [0.15, 0.2) is 12.1 Å². The van der Waals surface area contributed by atoms with Crippen molar-refractivity contribution in [1.29, 1.82) is 0 Å². The van der Waals surface area contributed by atoms with Crippen LogP contribution in [0.25, 0.3) is 0 Å². The zero-order valence-corrected chi connectivity index (χ0v) is 7.64. The van der Waals surface area contributed by atoms with E-state index in [1.54, 1.807) is 13.8 Å². The molecule has 2 saturated heterocycles. The van der Waals surface area contributed by atoms with Crippen LogP contribution in [0.2, 0.25) is 0 Å². The van der Waals surface area contributed by atoms with Crippen molar-refractivity contribution in [2.75, 3.05) is 6.61 Å². The van der Waals surface area contributed by atoms with Crippen LogP contribution in [0.5, 0.6) is 0 Å². The summed E-state index contributed by atoms with van der Waals surface area (Å²) >= 11 is 0. The molecule has 0 aromatic carbocycles. The molecule has 2 aliphatic rings. The van der Waals surface area contributed by atoms with E-state index in [9.17, 15) is 5.11 Å². The fourth-order valence-corrected chi connectivity index (χ4v) is 1.71. The molecule has 0 spiro atoms. The van der Waals surface area contributed by atoms with E-state index in [1.807, 2.05) is 0 Å². The van der Waals surface area contributed by atoms with Crippen molar-refractivity contribution in [1.82, 2.24) is 0 Å². The van der Waals surface area contributed by atoms with Gasteiger partial charge in [0.25, 0.3) is 0 Å². The van der Waals surface area contributed by atoms with E-state index < -0.39 is 30.4 Å². The highest BCUT2D eigenvalue weighted by atomic mass is 16.8. The lowest BCUT2D eigenvalue weighted by Crippen LogP contribution is -2.36. The zero-order valence-electron chi connectivity index (χ0n) is 7.64. The van der Waals surface area contributed by atoms with Gasteiger partial charge in [-0.1, -0.05) is 0 Å². The van der Waals surface area contributed by atoms with Crippen molar-refractivity contribution in [3.05, 3.63) is 0 Å². The number of rotatable bonds is 1. The van der Waals surface area contributed by atoms with Crippen LogP contribution in [0.4, 0.5) is 0 Å². The molecule has 0 saturated carbocycles. The van der Waals surface area contributed by atoms with Gasteiger partial charge in [0.05, 0.1) is 6.61 Å². The minimum absolute atomic E-state index is 0.221. The van der Waals surface area contributed by atoms with E-state index in [-0.39, 0.29) is 6.61 Å². The maximum Gasteiger partial charge on any atom is 0.190 e. The number of hydrogen-bond donors (Lipinski definition) is 2. The third kappa shape index (κ3) is 1.47. The monoisotopic (exact) mass is 190 g/mol. The second kappa shape index (κ2) is 2.90. The van der Waals surface area contributed by atoms with E-state index in [4.69, 9.17) is 19.3 Å². The fourth-order valence-electron chi connectivity index (χ4n) is 1.71. The van der Waals surface area contributed by atoms with Crippen LogP contribution in [-0.2, 0) is 14.2 Å². The second-order valence-electron chi connectivity index (χ2n) is 3.82. The maximum absolute atomic E-state index is 9.60. The molecule has 2 rings (SSSR count). The van der Waals surface area contributed by atoms with Crippen LogP contribution >= 0.6 is 0 Å². The summed E-state index contributed by atoms with van der Waals surface area (Å²) in [5.74, 6) is -0.712. The third-order valence-electron chi connectivity index (χ3n) is 2.29. The number of aliphatic hydroxyl groups is 2. The quantitative estimate of drug-likeness (QED) is 0.567. The molecule has 2 aliphatic heterocycles. The first-order valence-corrected chi connectivity index (χ1v) is 4.33. The molecule has 76 valence electrons. The Hall–Kier alpha value is -0.200. The van der Waals surface area contributed by atoms with Crippen molar-refractivity contribution in [2.45, 2.75) is 44.2 Å². The molecule has 0 aliphatic carbocycles. The summed E-state index contributed by atoms with van der Waals surface area (Å²) in [5, 5.41) is 18.4. The Bertz CT molecular complexity index is 205. The topological polar surface area (TPSA) is 68.2 Å². The normalized spacial score (nSPS) is 48.0. The lowest BCUT2D eigenvalue weighted by molar-refractivity contribution is -0.218. The molecule has 5 nitrogen and oxygen atoms in total. The maximum atomic E-state index is 9.60. The minimum Gasteiger partial charge on any atom is -0.394 e. The SMILES string of the molecule is CC1(C)OC2O[C@@H](CO)[C@@H](O)[C@@H]2O1. The van der Waals surface area contributed by atoms with Gasteiger partial charge >= 0.3 is 0 Å². The Morgan fingerprint density at radius 1 is 1.31 bits per heavy atom. The average Bonchev–Trinajstić information content (AvgIpc) is 2.47. The van der Waals surface area contributed by atoms with Gasteiger partial charge in [0.2, 0.25) is 0 Å². The van der Waals surface area contributed by atoms with Gasteiger partial charge in [-0.2, -0.15) is 0 Å². The summed E-state index contributed by atoms with van der Waals surface area (Å²) < 4.78 is 16.0. The van der Waals surface area contributed by atoms with Crippen molar-refractivity contribution >= 4 is 0 Å². The largest absolute Gasteiger partial charge is 0.394 e.